The third-order valence-electron chi connectivity index (χ3n) is 2.43. The molecule has 0 amide bonds. The minimum Gasteiger partial charge on any atom is -0.363 e. The molecule has 0 radical (unpaired) electrons. The van der Waals surface area contributed by atoms with Gasteiger partial charge in [-0.3, -0.25) is 9.08 Å². The molecular weight excluding hydrogens is 218 g/mol. The molecule has 0 aliphatic rings. The molecule has 0 unspecified atom stereocenters. The van der Waals surface area contributed by atoms with Gasteiger partial charge in [0, 0.05) is 37.7 Å². The summed E-state index contributed by atoms with van der Waals surface area (Å²) in [4.78, 5) is 4.24. The molecular formula is C10H11N7. The van der Waals surface area contributed by atoms with E-state index in [0.29, 0.717) is 12.4 Å². The van der Waals surface area contributed by atoms with Gasteiger partial charge in [0.2, 0.25) is 5.65 Å². The van der Waals surface area contributed by atoms with Crippen molar-refractivity contribution in [1.82, 2.24) is 29.4 Å². The molecule has 86 valence electrons. The van der Waals surface area contributed by atoms with Gasteiger partial charge < -0.3 is 5.32 Å². The van der Waals surface area contributed by atoms with Crippen molar-refractivity contribution in [2.45, 2.75) is 6.54 Å². The van der Waals surface area contributed by atoms with Crippen molar-refractivity contribution >= 4 is 11.5 Å². The summed E-state index contributed by atoms with van der Waals surface area (Å²) in [6, 6.07) is 0. The number of aryl methyl sites for hydroxylation is 1. The Kier molecular flexibility index (Phi) is 2.21. The lowest BCUT2D eigenvalue weighted by Crippen LogP contribution is -2.02. The number of nitrogens with zero attached hydrogens (tertiary/aromatic N) is 6. The van der Waals surface area contributed by atoms with E-state index in [2.05, 4.69) is 25.6 Å². The third-order valence-corrected chi connectivity index (χ3v) is 2.43. The van der Waals surface area contributed by atoms with Crippen molar-refractivity contribution in [3.8, 4) is 0 Å². The Bertz CT molecular complexity index is 639. The van der Waals surface area contributed by atoms with Crippen LogP contribution in [0.15, 0.2) is 31.1 Å². The van der Waals surface area contributed by atoms with Crippen LogP contribution >= 0.6 is 0 Å². The molecule has 3 rings (SSSR count). The predicted octanol–water partition coefficient (Wildman–Crippen LogP) is 0.470. The summed E-state index contributed by atoms with van der Waals surface area (Å²) in [6.07, 6.45) is 8.94. The average Bonchev–Trinajstić information content (AvgIpc) is 2.94. The number of hydrogen-bond donors (Lipinski definition) is 1. The summed E-state index contributed by atoms with van der Waals surface area (Å²) in [5.41, 5.74) is 1.81. The highest BCUT2D eigenvalue weighted by Crippen LogP contribution is 2.10. The molecule has 0 saturated heterocycles. The highest BCUT2D eigenvalue weighted by molar-refractivity contribution is 5.61. The molecule has 0 saturated carbocycles. The van der Waals surface area contributed by atoms with E-state index in [1.807, 2.05) is 30.0 Å². The van der Waals surface area contributed by atoms with Crippen LogP contribution in [0.1, 0.15) is 5.56 Å². The molecule has 0 spiro atoms. The second-order valence-electron chi connectivity index (χ2n) is 3.71. The maximum Gasteiger partial charge on any atom is 0.203 e. The van der Waals surface area contributed by atoms with Crippen LogP contribution in [-0.2, 0) is 13.6 Å². The Morgan fingerprint density at radius 1 is 1.41 bits per heavy atom. The SMILES string of the molecule is Cn1cc(CNc2nccn3cnnc23)cn1. The predicted molar refractivity (Wildman–Crippen MR) is 61.3 cm³/mol. The highest BCUT2D eigenvalue weighted by Gasteiger charge is 2.04. The molecule has 17 heavy (non-hydrogen) atoms. The molecule has 0 aliphatic heterocycles. The normalized spacial score (nSPS) is 10.9. The van der Waals surface area contributed by atoms with Gasteiger partial charge in [0.1, 0.15) is 6.33 Å². The molecule has 3 aromatic rings. The minimum absolute atomic E-state index is 0.660. The smallest absolute Gasteiger partial charge is 0.203 e. The molecule has 0 atom stereocenters. The summed E-state index contributed by atoms with van der Waals surface area (Å²) < 4.78 is 3.58. The molecule has 0 aliphatic carbocycles. The molecule has 0 fully saturated rings. The van der Waals surface area contributed by atoms with Crippen LogP contribution in [-0.4, -0.2) is 29.4 Å². The van der Waals surface area contributed by atoms with Gasteiger partial charge in [-0.05, 0) is 0 Å². The summed E-state index contributed by atoms with van der Waals surface area (Å²) in [5, 5.41) is 15.2. The Labute approximate surface area is 97.1 Å². The lowest BCUT2D eigenvalue weighted by molar-refractivity contribution is 0.767. The van der Waals surface area contributed by atoms with Gasteiger partial charge in [0.25, 0.3) is 0 Å². The van der Waals surface area contributed by atoms with Crippen LogP contribution in [0, 0.1) is 0 Å². The zero-order chi connectivity index (χ0) is 11.7. The van der Waals surface area contributed by atoms with E-state index in [-0.39, 0.29) is 0 Å². The third kappa shape index (κ3) is 1.82. The molecule has 3 aromatic heterocycles. The van der Waals surface area contributed by atoms with Crippen molar-refractivity contribution in [1.29, 1.82) is 0 Å². The molecule has 1 N–H and O–H groups in total. The number of hydrogen-bond acceptors (Lipinski definition) is 5. The lowest BCUT2D eigenvalue weighted by atomic mass is 10.3. The summed E-state index contributed by atoms with van der Waals surface area (Å²) in [5.74, 6) is 0.717. The quantitative estimate of drug-likeness (QED) is 0.706. The van der Waals surface area contributed by atoms with E-state index in [4.69, 9.17) is 0 Å². The fraction of sp³-hybridized carbons (Fsp3) is 0.200. The maximum absolute atomic E-state index is 4.24. The molecule has 0 bridgehead atoms. The number of nitrogens with one attached hydrogen (secondary N) is 1. The van der Waals surface area contributed by atoms with E-state index in [1.54, 1.807) is 17.2 Å². The van der Waals surface area contributed by atoms with Gasteiger partial charge in [-0.15, -0.1) is 10.2 Å². The van der Waals surface area contributed by atoms with Crippen molar-refractivity contribution < 1.29 is 0 Å². The topological polar surface area (TPSA) is 72.9 Å². The first kappa shape index (κ1) is 9.76. The Morgan fingerprint density at radius 3 is 3.18 bits per heavy atom. The van der Waals surface area contributed by atoms with E-state index >= 15 is 0 Å². The van der Waals surface area contributed by atoms with Crippen molar-refractivity contribution in [2.24, 2.45) is 7.05 Å². The molecule has 3 heterocycles. The van der Waals surface area contributed by atoms with Crippen LogP contribution in [0.4, 0.5) is 5.82 Å². The monoisotopic (exact) mass is 229 g/mol. The number of rotatable bonds is 3. The fourth-order valence-corrected chi connectivity index (χ4v) is 1.63. The lowest BCUT2D eigenvalue weighted by Gasteiger charge is -2.03. The maximum atomic E-state index is 4.24. The highest BCUT2D eigenvalue weighted by atomic mass is 15.3. The minimum atomic E-state index is 0.660. The van der Waals surface area contributed by atoms with Crippen LogP contribution in [0.2, 0.25) is 0 Å². The fourth-order valence-electron chi connectivity index (χ4n) is 1.63. The number of anilines is 1. The van der Waals surface area contributed by atoms with Gasteiger partial charge in [0.05, 0.1) is 6.20 Å². The second-order valence-corrected chi connectivity index (χ2v) is 3.71. The van der Waals surface area contributed by atoms with Gasteiger partial charge in [-0.25, -0.2) is 4.98 Å². The van der Waals surface area contributed by atoms with E-state index in [1.165, 1.54) is 0 Å². The second kappa shape index (κ2) is 3.85. The van der Waals surface area contributed by atoms with Gasteiger partial charge in [-0.2, -0.15) is 5.10 Å². The van der Waals surface area contributed by atoms with Gasteiger partial charge in [0.15, 0.2) is 5.82 Å². The Morgan fingerprint density at radius 2 is 2.35 bits per heavy atom. The van der Waals surface area contributed by atoms with Gasteiger partial charge in [-0.1, -0.05) is 0 Å². The Hall–Kier alpha value is -2.44. The standard InChI is InChI=1S/C10H11N7/c1-16-6-8(5-14-16)4-12-9-10-15-13-7-17(10)3-2-11-9/h2-3,5-7H,4H2,1H3,(H,11,12). The Balaban J connectivity index is 1.83. The zero-order valence-electron chi connectivity index (χ0n) is 9.28. The van der Waals surface area contributed by atoms with Crippen LogP contribution in [0.25, 0.3) is 5.65 Å². The van der Waals surface area contributed by atoms with Crippen molar-refractivity contribution in [3.63, 3.8) is 0 Å². The number of aromatic nitrogens is 6. The van der Waals surface area contributed by atoms with E-state index < -0.39 is 0 Å². The number of fused-ring (bicyclic) bond motifs is 1. The van der Waals surface area contributed by atoms with Crippen LogP contribution in [0.3, 0.4) is 0 Å². The first-order valence-electron chi connectivity index (χ1n) is 5.19. The van der Waals surface area contributed by atoms with Gasteiger partial charge >= 0.3 is 0 Å². The summed E-state index contributed by atoms with van der Waals surface area (Å²) >= 11 is 0. The largest absolute Gasteiger partial charge is 0.363 e. The van der Waals surface area contributed by atoms with Crippen LogP contribution < -0.4 is 5.32 Å². The summed E-state index contributed by atoms with van der Waals surface area (Å²) in [6.45, 7) is 0.660. The molecule has 0 aromatic carbocycles. The van der Waals surface area contributed by atoms with Crippen molar-refractivity contribution in [2.75, 3.05) is 5.32 Å². The van der Waals surface area contributed by atoms with E-state index in [0.717, 1.165) is 11.2 Å². The molecule has 7 heteroatoms. The van der Waals surface area contributed by atoms with Crippen molar-refractivity contribution in [3.05, 3.63) is 36.7 Å². The molecule has 7 nitrogen and oxygen atoms in total. The average molecular weight is 229 g/mol. The first-order valence-corrected chi connectivity index (χ1v) is 5.19. The van der Waals surface area contributed by atoms with E-state index in [9.17, 15) is 0 Å². The summed E-state index contributed by atoms with van der Waals surface area (Å²) in [7, 11) is 1.89. The van der Waals surface area contributed by atoms with Crippen LogP contribution in [0.5, 0.6) is 0 Å². The first-order chi connectivity index (χ1) is 8.33. The zero-order valence-corrected chi connectivity index (χ0v) is 9.28.